The van der Waals surface area contributed by atoms with Gasteiger partial charge >= 0.3 is 5.97 Å². The zero-order valence-electron chi connectivity index (χ0n) is 12.6. The van der Waals surface area contributed by atoms with E-state index >= 15 is 0 Å². The number of nitrogens with zero attached hydrogens (tertiary/aromatic N) is 2. The minimum atomic E-state index is -1.05. The Morgan fingerprint density at radius 3 is 2.29 bits per heavy atom. The van der Waals surface area contributed by atoms with Crippen molar-refractivity contribution in [2.75, 3.05) is 5.01 Å². The van der Waals surface area contributed by atoms with Crippen molar-refractivity contribution in [1.29, 1.82) is 0 Å². The SMILES string of the molecule is C[C@H]1C(C(=O)O)=NN(c2ccc(Cl)cc2Cl)[C@@H]1c1ccc(Cl)cc1. The molecule has 24 heavy (non-hydrogen) atoms. The number of aliphatic carboxylic acids is 1. The average Bonchev–Trinajstić information content (AvgIpc) is 2.86. The van der Waals surface area contributed by atoms with Crippen LogP contribution in [-0.4, -0.2) is 16.8 Å². The molecule has 3 rings (SSSR count). The van der Waals surface area contributed by atoms with Crippen LogP contribution in [0.15, 0.2) is 47.6 Å². The molecule has 124 valence electrons. The van der Waals surface area contributed by atoms with E-state index in [9.17, 15) is 9.90 Å². The Kier molecular flexibility index (Phi) is 4.72. The van der Waals surface area contributed by atoms with Crippen LogP contribution in [-0.2, 0) is 4.79 Å². The summed E-state index contributed by atoms with van der Waals surface area (Å²) in [5, 5.41) is 16.9. The summed E-state index contributed by atoms with van der Waals surface area (Å²) in [6, 6.07) is 12.0. The highest BCUT2D eigenvalue weighted by Gasteiger charge is 2.39. The maximum Gasteiger partial charge on any atom is 0.352 e. The monoisotopic (exact) mass is 382 g/mol. The molecule has 2 aromatic rings. The number of carboxylic acids is 1. The minimum Gasteiger partial charge on any atom is -0.477 e. The Balaban J connectivity index is 2.11. The molecule has 4 nitrogen and oxygen atoms in total. The van der Waals surface area contributed by atoms with Crippen molar-refractivity contribution in [2.45, 2.75) is 13.0 Å². The number of carbonyl (C=O) groups is 1. The number of hydrogen-bond donors (Lipinski definition) is 1. The normalized spacial score (nSPS) is 20.2. The van der Waals surface area contributed by atoms with E-state index in [1.807, 2.05) is 19.1 Å². The summed E-state index contributed by atoms with van der Waals surface area (Å²) in [4.78, 5) is 11.5. The quantitative estimate of drug-likeness (QED) is 0.784. The molecule has 0 aliphatic carbocycles. The predicted molar refractivity (Wildman–Crippen MR) is 97.4 cm³/mol. The Hall–Kier alpha value is -1.75. The van der Waals surface area contributed by atoms with Gasteiger partial charge in [-0.2, -0.15) is 5.10 Å². The zero-order valence-corrected chi connectivity index (χ0v) is 14.8. The van der Waals surface area contributed by atoms with E-state index in [1.54, 1.807) is 35.3 Å². The van der Waals surface area contributed by atoms with E-state index in [0.29, 0.717) is 20.8 Å². The lowest BCUT2D eigenvalue weighted by molar-refractivity contribution is -0.129. The molecule has 7 heteroatoms. The van der Waals surface area contributed by atoms with Crippen LogP contribution in [0.25, 0.3) is 0 Å². The fourth-order valence-corrected chi connectivity index (χ4v) is 3.45. The number of hydrazone groups is 1. The molecule has 0 bridgehead atoms. The summed E-state index contributed by atoms with van der Waals surface area (Å²) in [6.45, 7) is 1.83. The van der Waals surface area contributed by atoms with Crippen LogP contribution in [0, 0.1) is 5.92 Å². The molecule has 0 saturated heterocycles. The van der Waals surface area contributed by atoms with Crippen LogP contribution in [0.3, 0.4) is 0 Å². The molecule has 2 atom stereocenters. The van der Waals surface area contributed by atoms with Crippen molar-refractivity contribution in [2.24, 2.45) is 11.0 Å². The molecule has 0 radical (unpaired) electrons. The van der Waals surface area contributed by atoms with E-state index in [1.165, 1.54) is 0 Å². The molecular weight excluding hydrogens is 371 g/mol. The second kappa shape index (κ2) is 6.63. The van der Waals surface area contributed by atoms with Gasteiger partial charge in [0.15, 0.2) is 5.71 Å². The smallest absolute Gasteiger partial charge is 0.352 e. The van der Waals surface area contributed by atoms with Crippen molar-refractivity contribution in [3.8, 4) is 0 Å². The Labute approximate surface area is 154 Å². The second-order valence-corrected chi connectivity index (χ2v) is 6.80. The number of rotatable bonds is 3. The molecular formula is C17H13Cl3N2O2. The average molecular weight is 384 g/mol. The highest BCUT2D eigenvalue weighted by Crippen LogP contribution is 2.42. The molecule has 1 aliphatic heterocycles. The maximum absolute atomic E-state index is 11.5. The molecule has 0 spiro atoms. The third-order valence-corrected chi connectivity index (χ3v) is 4.76. The van der Waals surface area contributed by atoms with E-state index in [0.717, 1.165) is 5.56 Å². The lowest BCUT2D eigenvalue weighted by atomic mass is 9.91. The first-order valence-electron chi connectivity index (χ1n) is 7.20. The van der Waals surface area contributed by atoms with E-state index in [-0.39, 0.29) is 17.7 Å². The topological polar surface area (TPSA) is 52.9 Å². The third-order valence-electron chi connectivity index (χ3n) is 3.97. The summed E-state index contributed by atoms with van der Waals surface area (Å²) in [7, 11) is 0. The molecule has 0 unspecified atom stereocenters. The Morgan fingerprint density at radius 2 is 1.71 bits per heavy atom. The highest BCUT2D eigenvalue weighted by molar-refractivity contribution is 6.38. The van der Waals surface area contributed by atoms with Crippen LogP contribution < -0.4 is 5.01 Å². The van der Waals surface area contributed by atoms with Gasteiger partial charge in [0.2, 0.25) is 0 Å². The van der Waals surface area contributed by atoms with Crippen molar-refractivity contribution >= 4 is 52.2 Å². The number of carboxylic acid groups (broad SMARTS) is 1. The van der Waals surface area contributed by atoms with Gasteiger partial charge in [0.05, 0.1) is 16.8 Å². The van der Waals surface area contributed by atoms with Crippen LogP contribution in [0.4, 0.5) is 5.69 Å². The van der Waals surface area contributed by atoms with E-state index in [2.05, 4.69) is 5.10 Å². The summed E-state index contributed by atoms with van der Waals surface area (Å²) in [5.74, 6) is -1.37. The van der Waals surface area contributed by atoms with Gasteiger partial charge in [-0.05, 0) is 35.9 Å². The first-order chi connectivity index (χ1) is 11.4. The van der Waals surface area contributed by atoms with Gasteiger partial charge in [-0.3, -0.25) is 5.01 Å². The van der Waals surface area contributed by atoms with Gasteiger partial charge < -0.3 is 5.11 Å². The third kappa shape index (κ3) is 3.09. The molecule has 1 aliphatic rings. The molecule has 0 fully saturated rings. The van der Waals surface area contributed by atoms with Crippen molar-refractivity contribution in [3.63, 3.8) is 0 Å². The predicted octanol–water partition coefficient (Wildman–Crippen LogP) is 5.28. The lowest BCUT2D eigenvalue weighted by Crippen LogP contribution is -2.26. The van der Waals surface area contributed by atoms with Crippen LogP contribution in [0.1, 0.15) is 18.5 Å². The standard InChI is InChI=1S/C17H13Cl3N2O2/c1-9-15(17(23)24)21-22(14-7-6-12(19)8-13(14)20)16(9)10-2-4-11(18)5-3-10/h2-9,16H,1H3,(H,23,24)/t9-,16-/m0/s1. The number of hydrogen-bond acceptors (Lipinski definition) is 3. The number of anilines is 1. The summed E-state index contributed by atoms with van der Waals surface area (Å²) < 4.78 is 0. The van der Waals surface area contributed by atoms with Gasteiger partial charge in [-0.1, -0.05) is 53.9 Å². The zero-order chi connectivity index (χ0) is 17.4. The number of halogens is 3. The molecule has 1 N–H and O–H groups in total. The largest absolute Gasteiger partial charge is 0.477 e. The molecule has 0 saturated carbocycles. The van der Waals surface area contributed by atoms with Crippen molar-refractivity contribution < 1.29 is 9.90 Å². The van der Waals surface area contributed by atoms with Gasteiger partial charge in [-0.25, -0.2) is 4.79 Å². The van der Waals surface area contributed by atoms with E-state index in [4.69, 9.17) is 34.8 Å². The first-order valence-corrected chi connectivity index (χ1v) is 8.33. The van der Waals surface area contributed by atoms with Crippen molar-refractivity contribution in [3.05, 3.63) is 63.1 Å². The molecule has 1 heterocycles. The second-order valence-electron chi connectivity index (χ2n) is 5.52. The minimum absolute atomic E-state index is 0.0842. The fraction of sp³-hybridized carbons (Fsp3) is 0.176. The van der Waals surface area contributed by atoms with E-state index < -0.39 is 5.97 Å². The molecule has 2 aromatic carbocycles. The lowest BCUT2D eigenvalue weighted by Gasteiger charge is -2.27. The van der Waals surface area contributed by atoms with Crippen LogP contribution in [0.2, 0.25) is 15.1 Å². The summed E-state index contributed by atoms with van der Waals surface area (Å²) in [5.41, 5.74) is 1.59. The fourth-order valence-electron chi connectivity index (χ4n) is 2.83. The van der Waals surface area contributed by atoms with Gasteiger partial charge in [-0.15, -0.1) is 0 Å². The molecule has 0 amide bonds. The van der Waals surface area contributed by atoms with Gasteiger partial charge in [0.1, 0.15) is 0 Å². The van der Waals surface area contributed by atoms with Crippen LogP contribution >= 0.6 is 34.8 Å². The summed E-state index contributed by atoms with van der Waals surface area (Å²) >= 11 is 18.2. The number of benzene rings is 2. The van der Waals surface area contributed by atoms with Crippen molar-refractivity contribution in [1.82, 2.24) is 0 Å². The molecule has 0 aromatic heterocycles. The van der Waals surface area contributed by atoms with Gasteiger partial charge in [0, 0.05) is 16.0 Å². The van der Waals surface area contributed by atoms with Crippen LogP contribution in [0.5, 0.6) is 0 Å². The Morgan fingerprint density at radius 1 is 1.08 bits per heavy atom. The highest BCUT2D eigenvalue weighted by atomic mass is 35.5. The summed E-state index contributed by atoms with van der Waals surface area (Å²) in [6.07, 6.45) is 0. The Bertz CT molecular complexity index is 821. The maximum atomic E-state index is 11.5. The van der Waals surface area contributed by atoms with Gasteiger partial charge in [0.25, 0.3) is 0 Å². The first kappa shape index (κ1) is 17.1.